The molecule has 2 aliphatic heterocycles. The number of halogens is 1. The number of fused-ring (bicyclic) bond motifs is 2. The zero-order valence-electron chi connectivity index (χ0n) is 26.6. The summed E-state index contributed by atoms with van der Waals surface area (Å²) in [7, 11) is 1.82. The number of likely N-dealkylation sites (tertiary alicyclic amines) is 1. The van der Waals surface area contributed by atoms with Crippen LogP contribution in [0.4, 0.5) is 5.82 Å². The lowest BCUT2D eigenvalue weighted by molar-refractivity contribution is -0.138. The van der Waals surface area contributed by atoms with E-state index in [1.165, 1.54) is 18.1 Å². The number of amides is 1. The Morgan fingerprint density at radius 1 is 1.23 bits per heavy atom. The third-order valence-corrected chi connectivity index (χ3v) is 9.02. The molecule has 3 aromatic rings. The minimum atomic E-state index is -0.318. The first-order valence-corrected chi connectivity index (χ1v) is 16.4. The van der Waals surface area contributed by atoms with Crippen molar-refractivity contribution < 1.29 is 23.8 Å². The van der Waals surface area contributed by atoms with Gasteiger partial charge >= 0.3 is 0 Å². The number of nitrogens with zero attached hydrogens (tertiary/aromatic N) is 5. The number of nitrogen functional groups attached to an aromatic ring is 1. The maximum absolute atomic E-state index is 12.5. The molecule has 1 fully saturated rings. The molecule has 1 atom stereocenters. The average Bonchev–Trinajstić information content (AvgIpc) is 3.61. The highest BCUT2D eigenvalue weighted by molar-refractivity contribution is 9.10. The van der Waals surface area contributed by atoms with Crippen LogP contribution < -0.4 is 20.5 Å². The number of anilines is 1. The van der Waals surface area contributed by atoms with Crippen LogP contribution in [0.5, 0.6) is 11.5 Å². The van der Waals surface area contributed by atoms with Crippen molar-refractivity contribution in [2.45, 2.75) is 89.0 Å². The van der Waals surface area contributed by atoms with Crippen LogP contribution in [0.25, 0.3) is 11.2 Å². The van der Waals surface area contributed by atoms with Crippen molar-refractivity contribution in [3.8, 4) is 11.5 Å². The molecule has 2 aliphatic rings. The molecule has 4 heterocycles. The number of hydrogen-bond acceptors (Lipinski definition) is 11. The van der Waals surface area contributed by atoms with Crippen molar-refractivity contribution in [2.75, 3.05) is 32.7 Å². The molecule has 0 unspecified atom stereocenters. The smallest absolute Gasteiger partial charge is 0.293 e. The number of ether oxygens (including phenoxy) is 3. The van der Waals surface area contributed by atoms with E-state index in [1.54, 1.807) is 0 Å². The molecule has 14 heteroatoms. The SMILES string of the molecule is CC.CC(C)(C)OC=O.CN[C@@H](C)C(=O)N1CCC(CCn2c(Sc3cc4c(cc3Br)OCO4)nc3c(N)ncnc32)CC1. The van der Waals surface area contributed by atoms with Gasteiger partial charge in [-0.15, -0.1) is 0 Å². The minimum absolute atomic E-state index is 0.149. The molecular formula is C30H44BrN7O5S. The highest BCUT2D eigenvalue weighted by atomic mass is 79.9. The molecule has 1 amide bonds. The standard InChI is InChI=1S/C23H28BrN7O3S.C5H10O2.C2H6/c1-13(26-2)22(32)30-6-3-14(4-7-30)5-8-31-21-19(20(25)27-11-28-21)29-23(31)35-18-10-17-16(9-15(18)24)33-12-34-17;1-5(2,3)7-4-6;1-2/h9-11,13-14,26H,3-8,12H2,1-2H3,(H2,25,27,28);4H,1-3H3;1-2H3/t13-;;/m0../s1. The monoisotopic (exact) mass is 693 g/mol. The highest BCUT2D eigenvalue weighted by Gasteiger charge is 2.26. The van der Waals surface area contributed by atoms with Crippen molar-refractivity contribution in [3.63, 3.8) is 0 Å². The normalized spacial score (nSPS) is 15.1. The Labute approximate surface area is 271 Å². The zero-order chi connectivity index (χ0) is 32.4. The average molecular weight is 695 g/mol. The second-order valence-electron chi connectivity index (χ2n) is 11.1. The Morgan fingerprint density at radius 3 is 2.48 bits per heavy atom. The number of piperidine rings is 1. The van der Waals surface area contributed by atoms with Gasteiger partial charge in [0.05, 0.1) is 6.04 Å². The van der Waals surface area contributed by atoms with Crippen molar-refractivity contribution in [2.24, 2.45) is 5.92 Å². The summed E-state index contributed by atoms with van der Waals surface area (Å²) >= 11 is 5.17. The molecule has 242 valence electrons. The first-order chi connectivity index (χ1) is 21.0. The predicted octanol–water partition coefficient (Wildman–Crippen LogP) is 5.27. The van der Waals surface area contributed by atoms with Crippen LogP contribution in [0.1, 0.15) is 60.8 Å². The second-order valence-corrected chi connectivity index (χ2v) is 13.0. The second kappa shape index (κ2) is 16.3. The molecule has 1 aromatic carbocycles. The van der Waals surface area contributed by atoms with E-state index in [0.29, 0.717) is 29.5 Å². The summed E-state index contributed by atoms with van der Waals surface area (Å²) in [5.41, 5.74) is 7.15. The molecule has 3 N–H and O–H groups in total. The first-order valence-electron chi connectivity index (χ1n) is 14.8. The number of aryl methyl sites for hydroxylation is 1. The van der Waals surface area contributed by atoms with Gasteiger partial charge in [0, 0.05) is 29.0 Å². The summed E-state index contributed by atoms with van der Waals surface area (Å²) in [4.78, 5) is 38.4. The number of carbonyl (C=O) groups excluding carboxylic acids is 2. The van der Waals surface area contributed by atoms with Gasteiger partial charge in [0.2, 0.25) is 12.7 Å². The topological polar surface area (TPSA) is 147 Å². The lowest BCUT2D eigenvalue weighted by Crippen LogP contribution is -2.47. The number of imidazole rings is 1. The number of rotatable bonds is 8. The van der Waals surface area contributed by atoms with Gasteiger partial charge in [-0.25, -0.2) is 15.0 Å². The third kappa shape index (κ3) is 9.21. The fourth-order valence-electron chi connectivity index (χ4n) is 4.58. The molecule has 2 aromatic heterocycles. The Bertz CT molecular complexity index is 1410. The minimum Gasteiger partial charge on any atom is -0.462 e. The summed E-state index contributed by atoms with van der Waals surface area (Å²) < 4.78 is 18.6. The van der Waals surface area contributed by atoms with Crippen LogP contribution in [0.15, 0.2) is 33.0 Å². The van der Waals surface area contributed by atoms with Gasteiger partial charge in [0.15, 0.2) is 33.6 Å². The lowest BCUT2D eigenvalue weighted by Gasteiger charge is -2.33. The Hall–Kier alpha value is -3.10. The van der Waals surface area contributed by atoms with Crippen molar-refractivity contribution in [1.82, 2.24) is 29.7 Å². The van der Waals surface area contributed by atoms with Gasteiger partial charge in [0.25, 0.3) is 6.47 Å². The van der Waals surface area contributed by atoms with Gasteiger partial charge in [-0.3, -0.25) is 9.59 Å². The summed E-state index contributed by atoms with van der Waals surface area (Å²) in [5.74, 6) is 2.50. The number of carbonyl (C=O) groups is 2. The summed E-state index contributed by atoms with van der Waals surface area (Å²) in [5, 5.41) is 3.83. The van der Waals surface area contributed by atoms with Gasteiger partial charge in [-0.2, -0.15) is 0 Å². The van der Waals surface area contributed by atoms with Crippen LogP contribution >= 0.6 is 27.7 Å². The van der Waals surface area contributed by atoms with Crippen molar-refractivity contribution in [3.05, 3.63) is 22.9 Å². The fourth-order valence-corrected chi connectivity index (χ4v) is 6.09. The molecule has 0 aliphatic carbocycles. The Morgan fingerprint density at radius 2 is 1.89 bits per heavy atom. The van der Waals surface area contributed by atoms with Crippen molar-refractivity contribution >= 4 is 57.1 Å². The van der Waals surface area contributed by atoms with E-state index in [2.05, 4.69) is 40.5 Å². The van der Waals surface area contributed by atoms with Crippen LogP contribution in [-0.4, -0.2) is 75.4 Å². The van der Waals surface area contributed by atoms with Gasteiger partial charge < -0.3 is 34.7 Å². The zero-order valence-corrected chi connectivity index (χ0v) is 29.0. The molecule has 1 saturated heterocycles. The number of hydrogen-bond donors (Lipinski definition) is 2. The molecule has 0 radical (unpaired) electrons. The molecule has 5 rings (SSSR count). The summed E-state index contributed by atoms with van der Waals surface area (Å²) in [6.45, 7) is 14.4. The number of nitrogens with one attached hydrogen (secondary N) is 1. The highest BCUT2D eigenvalue weighted by Crippen LogP contribution is 2.43. The van der Waals surface area contributed by atoms with Crippen LogP contribution in [-0.2, 0) is 20.9 Å². The van der Waals surface area contributed by atoms with Gasteiger partial charge in [0.1, 0.15) is 11.9 Å². The molecule has 0 bridgehead atoms. The number of nitrogens with two attached hydrogens (primary N) is 1. The van der Waals surface area contributed by atoms with E-state index in [1.807, 2.05) is 65.6 Å². The first kappa shape index (κ1) is 35.4. The number of benzene rings is 1. The summed E-state index contributed by atoms with van der Waals surface area (Å²) in [6.07, 6.45) is 4.42. The van der Waals surface area contributed by atoms with Crippen molar-refractivity contribution in [1.29, 1.82) is 0 Å². The van der Waals surface area contributed by atoms with Gasteiger partial charge in [-0.05, 0) is 88.0 Å². The van der Waals surface area contributed by atoms with E-state index >= 15 is 0 Å². The molecule has 44 heavy (non-hydrogen) atoms. The number of aromatic nitrogens is 4. The predicted molar refractivity (Wildman–Crippen MR) is 175 cm³/mol. The number of likely N-dealkylation sites (N-methyl/N-ethyl adjacent to an activating group) is 1. The van der Waals surface area contributed by atoms with E-state index in [-0.39, 0.29) is 24.3 Å². The van der Waals surface area contributed by atoms with E-state index < -0.39 is 0 Å². The largest absolute Gasteiger partial charge is 0.462 e. The van der Waals surface area contributed by atoms with Gasteiger partial charge in [-0.1, -0.05) is 25.6 Å². The van der Waals surface area contributed by atoms with E-state index in [0.717, 1.165) is 64.8 Å². The Kier molecular flexibility index (Phi) is 13.1. The maximum Gasteiger partial charge on any atom is 0.293 e. The quantitative estimate of drug-likeness (QED) is 0.297. The Balaban J connectivity index is 0.000000520. The summed E-state index contributed by atoms with van der Waals surface area (Å²) in [6, 6.07) is 3.72. The molecule has 12 nitrogen and oxygen atoms in total. The molecule has 0 spiro atoms. The fraction of sp³-hybridized carbons (Fsp3) is 0.567. The lowest BCUT2D eigenvalue weighted by atomic mass is 9.93. The molecule has 0 saturated carbocycles. The van der Waals surface area contributed by atoms with E-state index in [4.69, 9.17) is 20.2 Å². The maximum atomic E-state index is 12.5. The third-order valence-electron chi connectivity index (χ3n) is 7.05. The van der Waals surface area contributed by atoms with Crippen LogP contribution in [0.2, 0.25) is 0 Å². The molecular weight excluding hydrogens is 650 g/mol. The van der Waals surface area contributed by atoms with E-state index in [9.17, 15) is 9.59 Å². The van der Waals surface area contributed by atoms with Crippen LogP contribution in [0.3, 0.4) is 0 Å². The van der Waals surface area contributed by atoms with Crippen LogP contribution in [0, 0.1) is 5.92 Å².